The summed E-state index contributed by atoms with van der Waals surface area (Å²) >= 11 is 0. The van der Waals surface area contributed by atoms with Crippen LogP contribution in [0.4, 0.5) is 0 Å². The SMILES string of the molecule is CC1(C)OCC(CO)O1.CCCCC(=O)O. The average Bonchev–Trinajstić information content (AvgIpc) is 2.56. The molecule has 0 aromatic heterocycles. The average molecular weight is 234 g/mol. The third-order valence-electron chi connectivity index (χ3n) is 2.02. The maximum Gasteiger partial charge on any atom is 0.303 e. The summed E-state index contributed by atoms with van der Waals surface area (Å²) in [6.07, 6.45) is 1.96. The summed E-state index contributed by atoms with van der Waals surface area (Å²) in [6, 6.07) is 0. The van der Waals surface area contributed by atoms with Crippen LogP contribution in [0.3, 0.4) is 0 Å². The summed E-state index contributed by atoms with van der Waals surface area (Å²) < 4.78 is 10.4. The van der Waals surface area contributed by atoms with Crippen LogP contribution in [0.1, 0.15) is 40.0 Å². The van der Waals surface area contributed by atoms with Crippen LogP contribution in [0.15, 0.2) is 0 Å². The van der Waals surface area contributed by atoms with E-state index in [2.05, 4.69) is 0 Å². The lowest BCUT2D eigenvalue weighted by molar-refractivity contribution is -0.142. The number of rotatable bonds is 4. The quantitative estimate of drug-likeness (QED) is 0.768. The zero-order valence-corrected chi connectivity index (χ0v) is 10.2. The number of carboxylic acids is 1. The summed E-state index contributed by atoms with van der Waals surface area (Å²) in [5, 5.41) is 16.6. The Morgan fingerprint density at radius 3 is 2.31 bits per heavy atom. The highest BCUT2D eigenvalue weighted by molar-refractivity contribution is 5.66. The minimum atomic E-state index is -0.693. The van der Waals surface area contributed by atoms with Gasteiger partial charge in [-0.25, -0.2) is 0 Å². The minimum absolute atomic E-state index is 0.0451. The van der Waals surface area contributed by atoms with Crippen LogP contribution >= 0.6 is 0 Å². The van der Waals surface area contributed by atoms with Crippen LogP contribution < -0.4 is 0 Å². The lowest BCUT2D eigenvalue weighted by Crippen LogP contribution is -2.22. The Hall–Kier alpha value is -0.650. The maximum atomic E-state index is 9.76. The van der Waals surface area contributed by atoms with Gasteiger partial charge in [0.05, 0.1) is 13.2 Å². The zero-order chi connectivity index (χ0) is 12.6. The molecule has 1 saturated heterocycles. The van der Waals surface area contributed by atoms with E-state index in [9.17, 15) is 4.79 Å². The van der Waals surface area contributed by atoms with Gasteiger partial charge < -0.3 is 19.7 Å². The molecule has 0 aromatic rings. The van der Waals surface area contributed by atoms with Gasteiger partial charge in [0.2, 0.25) is 0 Å². The molecule has 1 rings (SSSR count). The summed E-state index contributed by atoms with van der Waals surface area (Å²) in [7, 11) is 0. The van der Waals surface area contributed by atoms with Gasteiger partial charge in [0.25, 0.3) is 0 Å². The predicted octanol–water partition coefficient (Wildman–Crippen LogP) is 1.39. The van der Waals surface area contributed by atoms with E-state index < -0.39 is 11.8 Å². The van der Waals surface area contributed by atoms with E-state index in [-0.39, 0.29) is 12.7 Å². The summed E-state index contributed by atoms with van der Waals surface area (Å²) in [5.74, 6) is -1.19. The Labute approximate surface area is 96.4 Å². The van der Waals surface area contributed by atoms with Crippen LogP contribution in [0.5, 0.6) is 0 Å². The second-order valence-corrected chi connectivity index (χ2v) is 4.13. The Morgan fingerprint density at radius 2 is 2.12 bits per heavy atom. The summed E-state index contributed by atoms with van der Waals surface area (Å²) in [5.41, 5.74) is 0. The van der Waals surface area contributed by atoms with E-state index in [1.807, 2.05) is 20.8 Å². The highest BCUT2D eigenvalue weighted by atomic mass is 16.7. The standard InChI is InChI=1S/C6H12O3.C5H10O2/c1-6(2)8-4-5(3-7)9-6;1-2-3-4-5(6)7/h5,7H,3-4H2,1-2H3;2-4H2,1H3,(H,6,7). The van der Waals surface area contributed by atoms with E-state index in [0.29, 0.717) is 13.0 Å². The molecule has 1 atom stereocenters. The first-order chi connectivity index (χ1) is 7.41. The molecule has 1 aliphatic rings. The fraction of sp³-hybridized carbons (Fsp3) is 0.909. The molecule has 1 heterocycles. The van der Waals surface area contributed by atoms with Crippen molar-refractivity contribution in [3.05, 3.63) is 0 Å². The number of hydrogen-bond acceptors (Lipinski definition) is 4. The van der Waals surface area contributed by atoms with Gasteiger partial charge in [-0.15, -0.1) is 0 Å². The van der Waals surface area contributed by atoms with Crippen molar-refractivity contribution in [2.75, 3.05) is 13.2 Å². The van der Waals surface area contributed by atoms with E-state index >= 15 is 0 Å². The van der Waals surface area contributed by atoms with Crippen molar-refractivity contribution >= 4 is 5.97 Å². The van der Waals surface area contributed by atoms with Gasteiger partial charge in [-0.05, 0) is 20.3 Å². The van der Waals surface area contributed by atoms with Crippen molar-refractivity contribution in [2.24, 2.45) is 0 Å². The number of aliphatic hydroxyl groups is 1. The third kappa shape index (κ3) is 7.62. The molecule has 5 heteroatoms. The zero-order valence-electron chi connectivity index (χ0n) is 10.2. The number of ether oxygens (including phenoxy) is 2. The molecule has 1 fully saturated rings. The number of aliphatic carboxylic acids is 1. The third-order valence-corrected chi connectivity index (χ3v) is 2.02. The smallest absolute Gasteiger partial charge is 0.303 e. The van der Waals surface area contributed by atoms with Gasteiger partial charge >= 0.3 is 5.97 Å². The maximum absolute atomic E-state index is 9.76. The first-order valence-corrected chi connectivity index (χ1v) is 5.55. The number of hydrogen-bond donors (Lipinski definition) is 2. The molecule has 0 bridgehead atoms. The highest BCUT2D eigenvalue weighted by Crippen LogP contribution is 2.21. The Bertz CT molecular complexity index is 203. The van der Waals surface area contributed by atoms with E-state index in [1.165, 1.54) is 0 Å². The van der Waals surface area contributed by atoms with Crippen LogP contribution in [0.2, 0.25) is 0 Å². The monoisotopic (exact) mass is 234 g/mol. The molecule has 1 unspecified atom stereocenters. The number of carboxylic acid groups (broad SMARTS) is 1. The molecule has 0 aliphatic carbocycles. The van der Waals surface area contributed by atoms with Crippen molar-refractivity contribution in [2.45, 2.75) is 51.9 Å². The fourth-order valence-electron chi connectivity index (χ4n) is 1.18. The molecule has 2 N–H and O–H groups in total. The molecular weight excluding hydrogens is 212 g/mol. The highest BCUT2D eigenvalue weighted by Gasteiger charge is 2.31. The second kappa shape index (κ2) is 7.60. The largest absolute Gasteiger partial charge is 0.481 e. The Kier molecular flexibility index (Phi) is 7.29. The molecule has 0 amide bonds. The molecule has 96 valence electrons. The molecular formula is C11H22O5. The number of unbranched alkanes of at least 4 members (excludes halogenated alkanes) is 1. The van der Waals surface area contributed by atoms with Crippen LogP contribution in [-0.4, -0.2) is 41.3 Å². The van der Waals surface area contributed by atoms with Gasteiger partial charge in [0.15, 0.2) is 5.79 Å². The molecule has 1 aliphatic heterocycles. The molecule has 0 radical (unpaired) electrons. The van der Waals surface area contributed by atoms with Crippen molar-refractivity contribution < 1.29 is 24.5 Å². The van der Waals surface area contributed by atoms with Crippen molar-refractivity contribution in [3.63, 3.8) is 0 Å². The van der Waals surface area contributed by atoms with Gasteiger partial charge in [-0.2, -0.15) is 0 Å². The lowest BCUT2D eigenvalue weighted by atomic mass is 10.3. The van der Waals surface area contributed by atoms with Gasteiger partial charge in [-0.3, -0.25) is 4.79 Å². The minimum Gasteiger partial charge on any atom is -0.481 e. The fourth-order valence-corrected chi connectivity index (χ4v) is 1.18. The van der Waals surface area contributed by atoms with E-state index in [4.69, 9.17) is 19.7 Å². The van der Waals surface area contributed by atoms with E-state index in [1.54, 1.807) is 0 Å². The van der Waals surface area contributed by atoms with Crippen LogP contribution in [0.25, 0.3) is 0 Å². The van der Waals surface area contributed by atoms with Gasteiger partial charge in [0.1, 0.15) is 6.10 Å². The van der Waals surface area contributed by atoms with Crippen molar-refractivity contribution in [1.82, 2.24) is 0 Å². The van der Waals surface area contributed by atoms with E-state index in [0.717, 1.165) is 12.8 Å². The normalized spacial score (nSPS) is 22.4. The van der Waals surface area contributed by atoms with Crippen LogP contribution in [-0.2, 0) is 14.3 Å². The first-order valence-electron chi connectivity index (χ1n) is 5.55. The second-order valence-electron chi connectivity index (χ2n) is 4.13. The molecule has 16 heavy (non-hydrogen) atoms. The summed E-state index contributed by atoms with van der Waals surface area (Å²) in [6.45, 7) is 6.20. The van der Waals surface area contributed by atoms with Crippen LogP contribution in [0, 0.1) is 0 Å². The van der Waals surface area contributed by atoms with Gasteiger partial charge in [-0.1, -0.05) is 13.3 Å². The molecule has 0 aromatic carbocycles. The Balaban J connectivity index is 0.000000293. The van der Waals surface area contributed by atoms with Gasteiger partial charge in [0, 0.05) is 6.42 Å². The topological polar surface area (TPSA) is 76.0 Å². The lowest BCUT2D eigenvalue weighted by Gasteiger charge is -2.15. The molecule has 0 spiro atoms. The predicted molar refractivity (Wildman–Crippen MR) is 59.2 cm³/mol. The molecule has 5 nitrogen and oxygen atoms in total. The first kappa shape index (κ1) is 15.3. The number of carbonyl (C=O) groups is 1. The molecule has 0 saturated carbocycles. The summed E-state index contributed by atoms with van der Waals surface area (Å²) in [4.78, 5) is 9.76. The van der Waals surface area contributed by atoms with Crippen molar-refractivity contribution in [1.29, 1.82) is 0 Å². The number of aliphatic hydroxyl groups excluding tert-OH is 1. The Morgan fingerprint density at radius 1 is 1.50 bits per heavy atom. The van der Waals surface area contributed by atoms with Crippen molar-refractivity contribution in [3.8, 4) is 0 Å².